The molecule has 0 aliphatic carbocycles. The molecule has 1 heterocycles. The predicted molar refractivity (Wildman–Crippen MR) is 63.8 cm³/mol. The molecule has 5 nitrogen and oxygen atoms in total. The summed E-state index contributed by atoms with van der Waals surface area (Å²) in [5, 5.41) is 11.8. The molecule has 0 aromatic rings. The van der Waals surface area contributed by atoms with Gasteiger partial charge in [0.2, 0.25) is 0 Å². The van der Waals surface area contributed by atoms with Crippen molar-refractivity contribution in [3.05, 3.63) is 0 Å². The van der Waals surface area contributed by atoms with Crippen LogP contribution in [0.4, 0.5) is 0 Å². The number of hydrogen-bond acceptors (Lipinski definition) is 5. The monoisotopic (exact) mass is 248 g/mol. The van der Waals surface area contributed by atoms with Gasteiger partial charge in [-0.1, -0.05) is 12.1 Å². The maximum Gasteiger partial charge on any atom is 0.151 e. The molecule has 0 bridgehead atoms. The normalized spacial score (nSPS) is 18.7. The molecule has 0 aromatic heterocycles. The summed E-state index contributed by atoms with van der Waals surface area (Å²) in [4.78, 5) is 2.11. The summed E-state index contributed by atoms with van der Waals surface area (Å²) in [6.45, 7) is 4.06. The third kappa shape index (κ3) is 4.49. The molecule has 0 spiro atoms. The van der Waals surface area contributed by atoms with E-state index in [1.165, 1.54) is 0 Å². The molecule has 1 aliphatic heterocycles. The summed E-state index contributed by atoms with van der Waals surface area (Å²) in [7, 11) is -2.87. The second kappa shape index (κ2) is 6.20. The first-order chi connectivity index (χ1) is 7.57. The van der Waals surface area contributed by atoms with Crippen LogP contribution in [0, 0.1) is 0 Å². The predicted octanol–water partition coefficient (Wildman–Crippen LogP) is 0.737. The molecule has 1 rings (SSSR count). The van der Waals surface area contributed by atoms with E-state index in [0.717, 1.165) is 31.6 Å². The van der Waals surface area contributed by atoms with Crippen molar-refractivity contribution >= 4 is 15.5 Å². The van der Waals surface area contributed by atoms with E-state index in [-0.39, 0.29) is 11.5 Å². The highest BCUT2D eigenvalue weighted by Crippen LogP contribution is 2.07. The number of nitrogens with zero attached hydrogens (tertiary/aromatic N) is 2. The van der Waals surface area contributed by atoms with E-state index in [0.29, 0.717) is 13.0 Å². The molecule has 0 amide bonds. The van der Waals surface area contributed by atoms with Crippen LogP contribution in [0.5, 0.6) is 0 Å². The van der Waals surface area contributed by atoms with Crippen molar-refractivity contribution < 1.29 is 13.6 Å². The van der Waals surface area contributed by atoms with Crippen LogP contribution in [0.15, 0.2) is 5.16 Å². The lowest BCUT2D eigenvalue weighted by molar-refractivity contribution is 0.274. The minimum atomic E-state index is -2.87. The van der Waals surface area contributed by atoms with Gasteiger partial charge in [0, 0.05) is 38.2 Å². The Balaban J connectivity index is 2.30. The van der Waals surface area contributed by atoms with Crippen LogP contribution in [0.1, 0.15) is 26.2 Å². The molecule has 0 unspecified atom stereocenters. The zero-order valence-corrected chi connectivity index (χ0v) is 10.5. The quantitative estimate of drug-likeness (QED) is 0.575. The van der Waals surface area contributed by atoms with Crippen molar-refractivity contribution in [2.24, 2.45) is 5.16 Å². The summed E-state index contributed by atoms with van der Waals surface area (Å²) >= 11 is 0. The fourth-order valence-electron chi connectivity index (χ4n) is 1.82. The van der Waals surface area contributed by atoms with Crippen LogP contribution < -0.4 is 0 Å². The van der Waals surface area contributed by atoms with E-state index in [2.05, 4.69) is 10.1 Å². The van der Waals surface area contributed by atoms with Gasteiger partial charge < -0.3 is 10.1 Å². The van der Waals surface area contributed by atoms with E-state index in [9.17, 15) is 8.42 Å². The van der Waals surface area contributed by atoms with Crippen molar-refractivity contribution in [1.82, 2.24) is 4.90 Å². The van der Waals surface area contributed by atoms with E-state index < -0.39 is 9.84 Å². The Bertz CT molecular complexity index is 328. The third-order valence-corrected chi connectivity index (χ3v) is 4.64. The van der Waals surface area contributed by atoms with Crippen molar-refractivity contribution in [2.45, 2.75) is 26.2 Å². The maximum atomic E-state index is 11.5. The first-order valence-corrected chi connectivity index (χ1v) is 7.52. The summed E-state index contributed by atoms with van der Waals surface area (Å²) < 4.78 is 23.0. The minimum Gasteiger partial charge on any atom is -0.411 e. The summed E-state index contributed by atoms with van der Waals surface area (Å²) in [6, 6.07) is 0. The van der Waals surface area contributed by atoms with Gasteiger partial charge in [0.05, 0.1) is 11.5 Å². The van der Waals surface area contributed by atoms with Crippen LogP contribution in [-0.2, 0) is 9.84 Å². The van der Waals surface area contributed by atoms with Gasteiger partial charge in [-0.3, -0.25) is 0 Å². The van der Waals surface area contributed by atoms with Gasteiger partial charge in [-0.25, -0.2) is 8.42 Å². The molecule has 1 aliphatic rings. The van der Waals surface area contributed by atoms with E-state index in [1.54, 1.807) is 0 Å². The second-order valence-electron chi connectivity index (χ2n) is 4.16. The number of hydrogen-bond donors (Lipinski definition) is 1. The summed E-state index contributed by atoms with van der Waals surface area (Å²) in [5.74, 6) is 0.524. The highest BCUT2D eigenvalue weighted by atomic mass is 32.2. The van der Waals surface area contributed by atoms with Gasteiger partial charge in [0.1, 0.15) is 0 Å². The molecule has 1 N–H and O–H groups in total. The fourth-order valence-corrected chi connectivity index (χ4v) is 3.18. The van der Waals surface area contributed by atoms with Crippen molar-refractivity contribution in [2.75, 3.05) is 31.1 Å². The topological polar surface area (TPSA) is 70.0 Å². The largest absolute Gasteiger partial charge is 0.411 e. The van der Waals surface area contributed by atoms with Gasteiger partial charge >= 0.3 is 0 Å². The Morgan fingerprint density at radius 1 is 1.31 bits per heavy atom. The average Bonchev–Trinajstić information content (AvgIpc) is 2.27. The first-order valence-electron chi connectivity index (χ1n) is 5.70. The molecule has 0 aromatic carbocycles. The lowest BCUT2D eigenvalue weighted by Gasteiger charge is -2.26. The number of sulfone groups is 1. The molecule has 0 saturated carbocycles. The van der Waals surface area contributed by atoms with Crippen LogP contribution in [0.3, 0.4) is 0 Å². The molecule has 16 heavy (non-hydrogen) atoms. The van der Waals surface area contributed by atoms with E-state index in [4.69, 9.17) is 5.21 Å². The molecule has 1 saturated heterocycles. The zero-order chi connectivity index (χ0) is 12.0. The molecule has 0 atom stereocenters. The molecular formula is C10H20N2O3S. The standard InChI is InChI=1S/C10H20N2O3S/c1-2-8-16(14,15)9-7-12-5-3-10(11-13)4-6-12/h13H,2-9H2,1H3. The first kappa shape index (κ1) is 13.4. The van der Waals surface area contributed by atoms with Crippen LogP contribution in [0.25, 0.3) is 0 Å². The lowest BCUT2D eigenvalue weighted by Crippen LogP contribution is -2.37. The molecular weight excluding hydrogens is 228 g/mol. The molecule has 6 heteroatoms. The Labute approximate surface area is 97.0 Å². The second-order valence-corrected chi connectivity index (χ2v) is 6.46. The highest BCUT2D eigenvalue weighted by Gasteiger charge is 2.17. The zero-order valence-electron chi connectivity index (χ0n) is 9.72. The Hall–Kier alpha value is -0.620. The van der Waals surface area contributed by atoms with Gasteiger partial charge in [0.25, 0.3) is 0 Å². The minimum absolute atomic E-state index is 0.243. The van der Waals surface area contributed by atoms with Crippen molar-refractivity contribution in [1.29, 1.82) is 0 Å². The maximum absolute atomic E-state index is 11.5. The number of piperidine rings is 1. The molecule has 1 fully saturated rings. The average molecular weight is 248 g/mol. The van der Waals surface area contributed by atoms with Crippen molar-refractivity contribution in [3.8, 4) is 0 Å². The smallest absolute Gasteiger partial charge is 0.151 e. The SMILES string of the molecule is CCCS(=O)(=O)CCN1CCC(=NO)CC1. The van der Waals surface area contributed by atoms with Crippen LogP contribution in [0.2, 0.25) is 0 Å². The number of oxime groups is 1. The fraction of sp³-hybridized carbons (Fsp3) is 0.900. The third-order valence-electron chi connectivity index (χ3n) is 2.81. The van der Waals surface area contributed by atoms with Gasteiger partial charge in [-0.05, 0) is 6.42 Å². The van der Waals surface area contributed by atoms with Crippen LogP contribution >= 0.6 is 0 Å². The summed E-state index contributed by atoms with van der Waals surface area (Å²) in [5.41, 5.74) is 0.813. The van der Waals surface area contributed by atoms with Crippen molar-refractivity contribution in [3.63, 3.8) is 0 Å². The van der Waals surface area contributed by atoms with Crippen LogP contribution in [-0.4, -0.2) is 55.4 Å². The van der Waals surface area contributed by atoms with Gasteiger partial charge in [-0.15, -0.1) is 0 Å². The van der Waals surface area contributed by atoms with E-state index >= 15 is 0 Å². The molecule has 0 radical (unpaired) electrons. The van der Waals surface area contributed by atoms with E-state index in [1.807, 2.05) is 6.92 Å². The van der Waals surface area contributed by atoms with Gasteiger partial charge in [0.15, 0.2) is 9.84 Å². The summed E-state index contributed by atoms with van der Waals surface area (Å²) in [6.07, 6.45) is 2.16. The number of likely N-dealkylation sites (tertiary alicyclic amines) is 1. The number of rotatable bonds is 5. The Morgan fingerprint density at radius 3 is 2.44 bits per heavy atom. The molecule has 94 valence electrons. The lowest BCUT2D eigenvalue weighted by atomic mass is 10.1. The Kier molecular flexibility index (Phi) is 5.21. The van der Waals surface area contributed by atoms with Gasteiger partial charge in [-0.2, -0.15) is 0 Å². The highest BCUT2D eigenvalue weighted by molar-refractivity contribution is 7.91. The Morgan fingerprint density at radius 2 is 1.94 bits per heavy atom.